The Hall–Kier alpha value is -0.120. The summed E-state index contributed by atoms with van der Waals surface area (Å²) in [5, 5.41) is 9.04. The minimum atomic E-state index is -0.142. The summed E-state index contributed by atoms with van der Waals surface area (Å²) in [6.45, 7) is 8.54. The van der Waals surface area contributed by atoms with Crippen LogP contribution in [-0.2, 0) is 4.74 Å². The Morgan fingerprint density at radius 2 is 2.00 bits per heavy atom. The Kier molecular flexibility index (Phi) is 5.46. The molecule has 0 spiro atoms. The monoisotopic (exact) mass is 175 g/mol. The van der Waals surface area contributed by atoms with Gasteiger partial charge in [-0.1, -0.05) is 0 Å². The van der Waals surface area contributed by atoms with Gasteiger partial charge < -0.3 is 9.84 Å². The number of ether oxygens (including phenoxy) is 1. The Labute approximate surface area is 75.3 Å². The van der Waals surface area contributed by atoms with Gasteiger partial charge in [0.1, 0.15) is 0 Å². The maximum absolute atomic E-state index is 9.04. The van der Waals surface area contributed by atoms with Gasteiger partial charge in [0.05, 0.1) is 13.2 Å². The molecule has 0 radical (unpaired) electrons. The first-order valence-electron chi connectivity index (χ1n) is 4.44. The van der Waals surface area contributed by atoms with Gasteiger partial charge in [-0.15, -0.1) is 0 Å². The summed E-state index contributed by atoms with van der Waals surface area (Å²) in [6.07, 6.45) is 0. The lowest BCUT2D eigenvalue weighted by Crippen LogP contribution is -2.45. The van der Waals surface area contributed by atoms with E-state index in [4.69, 9.17) is 9.84 Å². The van der Waals surface area contributed by atoms with Crippen molar-refractivity contribution in [2.45, 2.75) is 26.3 Å². The van der Waals surface area contributed by atoms with Crippen LogP contribution in [0.25, 0.3) is 0 Å². The Balaban J connectivity index is 3.63. The molecule has 0 amide bonds. The second-order valence-electron chi connectivity index (χ2n) is 3.59. The topological polar surface area (TPSA) is 32.7 Å². The molecule has 0 saturated carbocycles. The summed E-state index contributed by atoms with van der Waals surface area (Å²) in [6, 6.07) is 0. The van der Waals surface area contributed by atoms with Crippen molar-refractivity contribution >= 4 is 0 Å². The van der Waals surface area contributed by atoms with Gasteiger partial charge in [-0.2, -0.15) is 0 Å². The van der Waals surface area contributed by atoms with Crippen molar-refractivity contribution in [3.8, 4) is 0 Å². The second kappa shape index (κ2) is 5.51. The van der Waals surface area contributed by atoms with E-state index in [0.29, 0.717) is 0 Å². The van der Waals surface area contributed by atoms with Crippen LogP contribution in [-0.4, -0.2) is 49.0 Å². The van der Waals surface area contributed by atoms with Crippen molar-refractivity contribution in [1.82, 2.24) is 4.90 Å². The highest BCUT2D eigenvalue weighted by Gasteiger charge is 2.21. The quantitative estimate of drug-likeness (QED) is 0.604. The van der Waals surface area contributed by atoms with Crippen LogP contribution >= 0.6 is 0 Å². The van der Waals surface area contributed by atoms with Crippen LogP contribution in [0, 0.1) is 0 Å². The van der Waals surface area contributed by atoms with E-state index in [9.17, 15) is 0 Å². The van der Waals surface area contributed by atoms with Crippen molar-refractivity contribution in [2.75, 3.05) is 33.4 Å². The van der Waals surface area contributed by atoms with Crippen LogP contribution in [0.1, 0.15) is 20.8 Å². The van der Waals surface area contributed by atoms with Crippen LogP contribution in [0.15, 0.2) is 0 Å². The first kappa shape index (κ1) is 11.9. The molecule has 0 saturated heterocycles. The SMILES string of the molecule is CCOCCN(C)C(C)(C)CO. The van der Waals surface area contributed by atoms with Crippen molar-refractivity contribution < 1.29 is 9.84 Å². The fourth-order valence-electron chi connectivity index (χ4n) is 0.769. The molecule has 0 heterocycles. The maximum Gasteiger partial charge on any atom is 0.0609 e. The fourth-order valence-corrected chi connectivity index (χ4v) is 0.769. The molecular formula is C9H21NO2. The summed E-state index contributed by atoms with van der Waals surface area (Å²) in [7, 11) is 2.00. The molecule has 0 aromatic rings. The summed E-state index contributed by atoms with van der Waals surface area (Å²) >= 11 is 0. The van der Waals surface area contributed by atoms with E-state index in [-0.39, 0.29) is 12.1 Å². The number of aliphatic hydroxyl groups is 1. The highest BCUT2D eigenvalue weighted by molar-refractivity contribution is 4.77. The second-order valence-corrected chi connectivity index (χ2v) is 3.59. The van der Waals surface area contributed by atoms with E-state index in [0.717, 1.165) is 19.8 Å². The number of hydrogen-bond donors (Lipinski definition) is 1. The number of aliphatic hydroxyl groups excluding tert-OH is 1. The highest BCUT2D eigenvalue weighted by Crippen LogP contribution is 2.09. The zero-order valence-electron chi connectivity index (χ0n) is 8.63. The van der Waals surface area contributed by atoms with Gasteiger partial charge in [0.2, 0.25) is 0 Å². The highest BCUT2D eigenvalue weighted by atomic mass is 16.5. The third-order valence-corrected chi connectivity index (χ3v) is 2.20. The summed E-state index contributed by atoms with van der Waals surface area (Å²) in [5.41, 5.74) is -0.142. The molecule has 1 N–H and O–H groups in total. The molecule has 0 fully saturated rings. The van der Waals surface area contributed by atoms with E-state index >= 15 is 0 Å². The molecule has 0 rings (SSSR count). The minimum absolute atomic E-state index is 0.142. The molecule has 0 atom stereocenters. The Morgan fingerprint density at radius 3 is 2.42 bits per heavy atom. The zero-order valence-corrected chi connectivity index (χ0v) is 8.63. The maximum atomic E-state index is 9.04. The molecule has 0 aliphatic heterocycles. The molecule has 0 bridgehead atoms. The summed E-state index contributed by atoms with van der Waals surface area (Å²) in [4.78, 5) is 2.10. The van der Waals surface area contributed by atoms with E-state index < -0.39 is 0 Å². The first-order valence-corrected chi connectivity index (χ1v) is 4.44. The molecule has 3 nitrogen and oxygen atoms in total. The lowest BCUT2D eigenvalue weighted by atomic mass is 10.1. The number of nitrogens with zero attached hydrogens (tertiary/aromatic N) is 1. The van der Waals surface area contributed by atoms with Gasteiger partial charge in [0.25, 0.3) is 0 Å². The van der Waals surface area contributed by atoms with E-state index in [1.165, 1.54) is 0 Å². The van der Waals surface area contributed by atoms with Crippen LogP contribution in [0.4, 0.5) is 0 Å². The van der Waals surface area contributed by atoms with Crippen molar-refractivity contribution in [1.29, 1.82) is 0 Å². The Morgan fingerprint density at radius 1 is 1.42 bits per heavy atom. The fraction of sp³-hybridized carbons (Fsp3) is 1.00. The molecule has 0 aromatic heterocycles. The largest absolute Gasteiger partial charge is 0.394 e. The average Bonchev–Trinajstić information content (AvgIpc) is 2.05. The first-order chi connectivity index (χ1) is 5.54. The summed E-state index contributed by atoms with van der Waals surface area (Å²) in [5.74, 6) is 0. The molecule has 0 unspecified atom stereocenters. The normalized spacial score (nSPS) is 12.5. The van der Waals surface area contributed by atoms with Gasteiger partial charge >= 0.3 is 0 Å². The molecule has 0 aromatic carbocycles. The molecule has 0 aliphatic carbocycles. The van der Waals surface area contributed by atoms with Crippen molar-refractivity contribution in [3.05, 3.63) is 0 Å². The third-order valence-electron chi connectivity index (χ3n) is 2.20. The van der Waals surface area contributed by atoms with Gasteiger partial charge in [0.15, 0.2) is 0 Å². The third kappa shape index (κ3) is 4.04. The molecule has 74 valence electrons. The van der Waals surface area contributed by atoms with E-state index in [1.807, 2.05) is 27.8 Å². The number of hydrogen-bond acceptors (Lipinski definition) is 3. The van der Waals surface area contributed by atoms with Gasteiger partial charge in [0, 0.05) is 18.7 Å². The zero-order chi connectivity index (χ0) is 9.61. The van der Waals surface area contributed by atoms with E-state index in [1.54, 1.807) is 0 Å². The van der Waals surface area contributed by atoms with Crippen LogP contribution < -0.4 is 0 Å². The minimum Gasteiger partial charge on any atom is -0.394 e. The van der Waals surface area contributed by atoms with Crippen molar-refractivity contribution in [3.63, 3.8) is 0 Å². The number of likely N-dealkylation sites (N-methyl/N-ethyl adjacent to an activating group) is 1. The molecular weight excluding hydrogens is 154 g/mol. The van der Waals surface area contributed by atoms with Gasteiger partial charge in [-0.05, 0) is 27.8 Å². The van der Waals surface area contributed by atoms with Crippen LogP contribution in [0.5, 0.6) is 0 Å². The molecule has 3 heteroatoms. The predicted octanol–water partition coefficient (Wildman–Crippen LogP) is 0.726. The molecule has 12 heavy (non-hydrogen) atoms. The van der Waals surface area contributed by atoms with Gasteiger partial charge in [-0.25, -0.2) is 0 Å². The standard InChI is InChI=1S/C9H21NO2/c1-5-12-7-6-10(4)9(2,3)8-11/h11H,5-8H2,1-4H3. The van der Waals surface area contributed by atoms with E-state index in [2.05, 4.69) is 4.90 Å². The average molecular weight is 175 g/mol. The van der Waals surface area contributed by atoms with Crippen LogP contribution in [0.2, 0.25) is 0 Å². The smallest absolute Gasteiger partial charge is 0.0609 e. The number of rotatable bonds is 6. The van der Waals surface area contributed by atoms with Crippen LogP contribution in [0.3, 0.4) is 0 Å². The van der Waals surface area contributed by atoms with Crippen molar-refractivity contribution in [2.24, 2.45) is 0 Å². The predicted molar refractivity (Wildman–Crippen MR) is 50.3 cm³/mol. The van der Waals surface area contributed by atoms with Gasteiger partial charge in [-0.3, -0.25) is 4.90 Å². The lowest BCUT2D eigenvalue weighted by molar-refractivity contribution is 0.0465. The molecule has 0 aliphatic rings. The lowest BCUT2D eigenvalue weighted by Gasteiger charge is -2.33. The summed E-state index contributed by atoms with van der Waals surface area (Å²) < 4.78 is 5.22. The Bertz CT molecular complexity index is 115.